The van der Waals surface area contributed by atoms with Crippen molar-refractivity contribution in [2.24, 2.45) is 10.8 Å². The van der Waals surface area contributed by atoms with Crippen molar-refractivity contribution in [2.45, 2.75) is 73.0 Å². The van der Waals surface area contributed by atoms with Crippen LogP contribution in [0.25, 0.3) is 54.0 Å². The molecule has 0 aliphatic carbocycles. The van der Waals surface area contributed by atoms with E-state index < -0.39 is 14.3 Å². The van der Waals surface area contributed by atoms with Gasteiger partial charge in [0, 0.05) is 113 Å². The molecule has 5 N–H and O–H groups in total. The van der Waals surface area contributed by atoms with Crippen molar-refractivity contribution in [3.63, 3.8) is 0 Å². The van der Waals surface area contributed by atoms with Crippen LogP contribution in [0.1, 0.15) is 57.2 Å². The van der Waals surface area contributed by atoms with Crippen molar-refractivity contribution in [3.8, 4) is 22.5 Å². The standard InChI is InChI=1S/C30H35N6OP.C23H29N6OP/c1-20-15-33-29(34-22-14-30(2,3)19-36(18-22)17-21-10-8-7-9-11-21)35-26(20)24-16-32-27-23(24)12-13-25(31-4)28(27)38(5,6)37;1-14-10-27-22(28-15-9-23(2,3)13-25-11-15)29-19(14)17-12-26-20-16(17)7-8-18(24-4)21(20)31(5,6)30/h7-13,15-16,22,32H,14,17-19H2,1-3,5-6H3,(H,33,34,35);7-8,10,12,15,25-26H,9,11,13H2,1-3,5-6H3,(H,27,28,29)/t22-;15-/m00/s1. The van der Waals surface area contributed by atoms with Gasteiger partial charge >= 0.3 is 0 Å². The number of H-pyrrole nitrogens is 2. The van der Waals surface area contributed by atoms with Gasteiger partial charge in [-0.25, -0.2) is 29.6 Å². The van der Waals surface area contributed by atoms with E-state index in [0.29, 0.717) is 33.9 Å². The number of hydrogen-bond donors (Lipinski definition) is 5. The Bertz CT molecular complexity index is 3220. The molecular weight excluding hydrogens is 899 g/mol. The third-order valence-electron chi connectivity index (χ3n) is 13.0. The van der Waals surface area contributed by atoms with Crippen LogP contribution in [0.5, 0.6) is 0 Å². The molecule has 16 heteroatoms. The molecule has 2 aliphatic heterocycles. The summed E-state index contributed by atoms with van der Waals surface area (Å²) in [5.41, 5.74) is 9.50. The maximum absolute atomic E-state index is 13.1. The fourth-order valence-electron chi connectivity index (χ4n) is 10.3. The van der Waals surface area contributed by atoms with E-state index in [-0.39, 0.29) is 22.9 Å². The van der Waals surface area contributed by atoms with Crippen molar-refractivity contribution >= 4 is 70.0 Å². The third-order valence-corrected chi connectivity index (χ3v) is 16.1. The van der Waals surface area contributed by atoms with E-state index in [2.05, 4.69) is 109 Å². The van der Waals surface area contributed by atoms with E-state index in [9.17, 15) is 9.13 Å². The fourth-order valence-corrected chi connectivity index (χ4v) is 13.1. The number of piperidine rings is 2. The second-order valence-corrected chi connectivity index (χ2v) is 27.5. The van der Waals surface area contributed by atoms with Crippen LogP contribution in [0.4, 0.5) is 23.3 Å². The largest absolute Gasteiger partial charge is 0.361 e. The number of nitrogens with one attached hydrogen (secondary N) is 5. The monoisotopic (exact) mass is 962 g/mol. The fraction of sp³-hybridized carbons (Fsp3) is 0.396. The highest BCUT2D eigenvalue weighted by Gasteiger charge is 2.34. The van der Waals surface area contributed by atoms with Gasteiger partial charge in [-0.05, 0) is 80.9 Å². The van der Waals surface area contributed by atoms with Crippen LogP contribution < -0.4 is 26.6 Å². The molecule has 7 aromatic rings. The second kappa shape index (κ2) is 19.3. The van der Waals surface area contributed by atoms with Gasteiger partial charge in [0.2, 0.25) is 11.9 Å². The van der Waals surface area contributed by atoms with Crippen LogP contribution in [0, 0.1) is 37.8 Å². The van der Waals surface area contributed by atoms with Gasteiger partial charge in [-0.1, -0.05) is 82.3 Å². The number of rotatable bonds is 10. The molecule has 14 nitrogen and oxygen atoms in total. The number of aryl methyl sites for hydroxylation is 2. The Labute approximate surface area is 406 Å². The average molecular weight is 963 g/mol. The molecule has 0 saturated carbocycles. The first kappa shape index (κ1) is 49.3. The number of aromatic amines is 2. The Balaban J connectivity index is 0.000000190. The van der Waals surface area contributed by atoms with E-state index in [1.807, 2.05) is 50.8 Å². The lowest BCUT2D eigenvalue weighted by molar-refractivity contribution is 0.101. The van der Waals surface area contributed by atoms with Crippen LogP contribution in [-0.4, -0.2) is 99.7 Å². The van der Waals surface area contributed by atoms with E-state index >= 15 is 0 Å². The topological polar surface area (TPSA) is 165 Å². The van der Waals surface area contributed by atoms with Crippen LogP contribution in [0.2, 0.25) is 0 Å². The van der Waals surface area contributed by atoms with Crippen LogP contribution in [0.15, 0.2) is 79.4 Å². The quantitative estimate of drug-likeness (QED) is 0.0658. The Morgan fingerprint density at radius 3 is 1.68 bits per heavy atom. The molecule has 2 atom stereocenters. The molecule has 2 aliphatic rings. The molecule has 69 heavy (non-hydrogen) atoms. The summed E-state index contributed by atoms with van der Waals surface area (Å²) >= 11 is 0. The summed E-state index contributed by atoms with van der Waals surface area (Å²) in [5, 5.41) is 13.6. The SMILES string of the molecule is [C-]#[N+]c1ccc2c(-c3nc(N[C@@H]4CN(Cc5ccccc5)CC(C)(C)C4)ncc3C)c[nH]c2c1P(C)(C)=O.[C-]#[N+]c1ccc2c(-c3nc(N[C@@H]4CNCC(C)(C)C4)ncc3C)c[nH]c2c1P(C)(C)=O. The van der Waals surface area contributed by atoms with E-state index in [1.54, 1.807) is 38.8 Å². The summed E-state index contributed by atoms with van der Waals surface area (Å²) in [5.74, 6) is 1.21. The van der Waals surface area contributed by atoms with Gasteiger partial charge in [0.05, 0.1) is 24.5 Å². The first-order valence-corrected chi connectivity index (χ1v) is 28.7. The van der Waals surface area contributed by atoms with Gasteiger partial charge in [0.25, 0.3) is 0 Å². The molecule has 2 saturated heterocycles. The van der Waals surface area contributed by atoms with Crippen LogP contribution in [0.3, 0.4) is 0 Å². The predicted octanol–water partition coefficient (Wildman–Crippen LogP) is 11.0. The van der Waals surface area contributed by atoms with Crippen molar-refractivity contribution in [1.29, 1.82) is 0 Å². The van der Waals surface area contributed by atoms with Gasteiger partial charge in [-0.15, -0.1) is 0 Å². The van der Waals surface area contributed by atoms with Crippen molar-refractivity contribution in [3.05, 3.63) is 119 Å². The smallest absolute Gasteiger partial charge is 0.223 e. The van der Waals surface area contributed by atoms with Gasteiger partial charge in [-0.3, -0.25) is 4.90 Å². The predicted molar refractivity (Wildman–Crippen MR) is 285 cm³/mol. The number of likely N-dealkylation sites (tertiary alicyclic amines) is 1. The molecule has 0 amide bonds. The Kier molecular flexibility index (Phi) is 13.8. The van der Waals surface area contributed by atoms with Crippen molar-refractivity contribution in [2.75, 3.05) is 63.5 Å². The number of aromatic nitrogens is 6. The molecule has 0 spiro atoms. The summed E-state index contributed by atoms with van der Waals surface area (Å²) in [7, 11) is -5.33. The summed E-state index contributed by atoms with van der Waals surface area (Å²) in [6.45, 7) is 39.8. The molecule has 4 aromatic heterocycles. The normalized spacial score (nSPS) is 18.2. The molecule has 9 rings (SSSR count). The van der Waals surface area contributed by atoms with Crippen molar-refractivity contribution in [1.82, 2.24) is 40.1 Å². The minimum atomic E-state index is -2.68. The highest BCUT2D eigenvalue weighted by Crippen LogP contribution is 2.45. The molecule has 0 radical (unpaired) electrons. The first-order valence-electron chi connectivity index (χ1n) is 23.5. The summed E-state index contributed by atoms with van der Waals surface area (Å²) < 4.78 is 26.0. The minimum absolute atomic E-state index is 0.167. The number of benzene rings is 3. The van der Waals surface area contributed by atoms with E-state index in [4.69, 9.17) is 23.1 Å². The highest BCUT2D eigenvalue weighted by atomic mass is 31.2. The van der Waals surface area contributed by atoms with Crippen molar-refractivity contribution < 1.29 is 9.13 Å². The zero-order valence-corrected chi connectivity index (χ0v) is 43.2. The van der Waals surface area contributed by atoms with Crippen LogP contribution in [-0.2, 0) is 15.7 Å². The lowest BCUT2D eigenvalue weighted by Crippen LogP contribution is -2.49. The average Bonchev–Trinajstić information content (AvgIpc) is 3.90. The second-order valence-electron chi connectivity index (χ2n) is 21.2. The summed E-state index contributed by atoms with van der Waals surface area (Å²) in [4.78, 5) is 35.2. The third kappa shape index (κ3) is 11.0. The lowest BCUT2D eigenvalue weighted by Gasteiger charge is -2.42. The highest BCUT2D eigenvalue weighted by molar-refractivity contribution is 7.71. The Morgan fingerprint density at radius 2 is 1.20 bits per heavy atom. The van der Waals surface area contributed by atoms with Gasteiger partial charge < -0.3 is 35.0 Å². The summed E-state index contributed by atoms with van der Waals surface area (Å²) in [6, 6.07) is 18.5. The summed E-state index contributed by atoms with van der Waals surface area (Å²) in [6.07, 6.45) is 9.57. The first-order chi connectivity index (χ1) is 32.6. The van der Waals surface area contributed by atoms with E-state index in [0.717, 1.165) is 101 Å². The Hall–Kier alpha value is -6.14. The zero-order valence-electron chi connectivity index (χ0n) is 41.5. The van der Waals surface area contributed by atoms with Gasteiger partial charge in [-0.2, -0.15) is 0 Å². The number of nitrogens with zero attached hydrogens (tertiary/aromatic N) is 7. The number of fused-ring (bicyclic) bond motifs is 2. The van der Waals surface area contributed by atoms with Gasteiger partial charge in [0.1, 0.15) is 14.3 Å². The maximum atomic E-state index is 13.1. The minimum Gasteiger partial charge on any atom is -0.361 e. The molecule has 358 valence electrons. The molecule has 0 bridgehead atoms. The Morgan fingerprint density at radius 1 is 0.710 bits per heavy atom. The van der Waals surface area contributed by atoms with E-state index in [1.165, 1.54) is 5.56 Å². The molecular formula is C53H64N12O2P2. The number of hydrogen-bond acceptors (Lipinski definition) is 10. The maximum Gasteiger partial charge on any atom is 0.223 e. The lowest BCUT2D eigenvalue weighted by atomic mass is 9.81. The number of anilines is 2. The molecule has 6 heterocycles. The molecule has 3 aromatic carbocycles. The van der Waals surface area contributed by atoms with Gasteiger partial charge in [0.15, 0.2) is 11.4 Å². The molecule has 0 unspecified atom stereocenters. The molecule has 2 fully saturated rings. The van der Waals surface area contributed by atoms with Crippen LogP contribution >= 0.6 is 14.3 Å². The zero-order chi connectivity index (χ0) is 49.5.